The Hall–Kier alpha value is -2.60. The first-order valence-corrected chi connectivity index (χ1v) is 9.36. The van der Waals surface area contributed by atoms with Crippen LogP contribution < -0.4 is 4.57 Å². The van der Waals surface area contributed by atoms with Gasteiger partial charge in [-0.15, -0.1) is 11.6 Å². The average Bonchev–Trinajstić information content (AvgIpc) is 3.16. The average molecular weight is 389 g/mol. The van der Waals surface area contributed by atoms with Crippen LogP contribution in [-0.2, 0) is 13.0 Å². The largest absolute Gasteiger partial charge is 0.339 e. The Balaban J connectivity index is 1.51. The first kappa shape index (κ1) is 19.2. The predicted octanol–water partition coefficient (Wildman–Crippen LogP) is 4.00. The fourth-order valence-corrected chi connectivity index (χ4v) is 2.78. The molecule has 2 heterocycles. The quantitative estimate of drug-likeness (QED) is 0.316. The molecule has 0 saturated heterocycles. The van der Waals surface area contributed by atoms with Gasteiger partial charge in [-0.3, -0.25) is 4.79 Å². The molecule has 2 aromatic heterocycles. The van der Waals surface area contributed by atoms with Gasteiger partial charge in [0.25, 0.3) is 0 Å². The number of hydrogen-bond donors (Lipinski definition) is 0. The summed E-state index contributed by atoms with van der Waals surface area (Å²) in [5.41, 5.74) is 1.41. The Morgan fingerprint density at radius 1 is 1.11 bits per heavy atom. The molecule has 3 aromatic rings. The second kappa shape index (κ2) is 9.37. The number of nitrogens with zero attached hydrogens (tertiary/aromatic N) is 3. The number of Topliss-reactive ketones (excluding diaryl/α,β-unsaturated/α-hetero) is 1. The van der Waals surface area contributed by atoms with Crippen molar-refractivity contribution in [3.63, 3.8) is 0 Å². The summed E-state index contributed by atoms with van der Waals surface area (Å²) in [5.74, 6) is 1.38. The highest BCUT2D eigenvalue weighted by Gasteiger charge is 2.11. The number of alkyl halides is 1. The van der Waals surface area contributed by atoms with Gasteiger partial charge in [0.15, 0.2) is 18.2 Å². The van der Waals surface area contributed by atoms with Crippen LogP contribution in [0.4, 0.5) is 4.39 Å². The van der Waals surface area contributed by atoms with Gasteiger partial charge in [-0.1, -0.05) is 5.16 Å². The van der Waals surface area contributed by atoms with Crippen molar-refractivity contribution in [3.05, 3.63) is 66.1 Å². The van der Waals surface area contributed by atoms with Gasteiger partial charge >= 0.3 is 0 Å². The molecule has 27 heavy (non-hydrogen) atoms. The second-order valence-corrected chi connectivity index (χ2v) is 6.54. The van der Waals surface area contributed by atoms with Crippen molar-refractivity contribution in [3.8, 4) is 11.4 Å². The lowest BCUT2D eigenvalue weighted by Gasteiger charge is -2.00. The number of carbonyl (C=O) groups excluding carboxylic acids is 1. The molecule has 3 rings (SSSR count). The number of aromatic nitrogens is 3. The minimum absolute atomic E-state index is 0.0171. The Morgan fingerprint density at radius 3 is 2.56 bits per heavy atom. The summed E-state index contributed by atoms with van der Waals surface area (Å²) in [6.07, 6.45) is 6.43. The second-order valence-electron chi connectivity index (χ2n) is 6.16. The summed E-state index contributed by atoms with van der Waals surface area (Å²) >= 11 is 5.67. The van der Waals surface area contributed by atoms with Crippen molar-refractivity contribution in [1.29, 1.82) is 0 Å². The Morgan fingerprint density at radius 2 is 1.85 bits per heavy atom. The van der Waals surface area contributed by atoms with Crippen molar-refractivity contribution in [2.75, 3.05) is 5.88 Å². The molecule has 0 amide bonds. The highest BCUT2D eigenvalue weighted by Crippen LogP contribution is 2.14. The van der Waals surface area contributed by atoms with Crippen LogP contribution in [0, 0.1) is 5.82 Å². The van der Waals surface area contributed by atoms with E-state index in [0.717, 1.165) is 12.0 Å². The summed E-state index contributed by atoms with van der Waals surface area (Å²) in [5, 5.41) is 3.98. The van der Waals surface area contributed by atoms with E-state index in [1.165, 1.54) is 24.3 Å². The molecule has 0 spiro atoms. The van der Waals surface area contributed by atoms with E-state index in [1.54, 1.807) is 0 Å². The van der Waals surface area contributed by atoms with Gasteiger partial charge in [0.1, 0.15) is 12.4 Å². The van der Waals surface area contributed by atoms with Crippen LogP contribution in [0.3, 0.4) is 0 Å². The van der Waals surface area contributed by atoms with Gasteiger partial charge in [-0.05, 0) is 30.7 Å². The maximum atomic E-state index is 12.9. The molecule has 0 aliphatic carbocycles. The smallest absolute Gasteiger partial charge is 0.227 e. The highest BCUT2D eigenvalue weighted by atomic mass is 35.5. The van der Waals surface area contributed by atoms with Crippen molar-refractivity contribution in [1.82, 2.24) is 10.1 Å². The molecule has 0 N–H and O–H groups in total. The summed E-state index contributed by atoms with van der Waals surface area (Å²) in [4.78, 5) is 16.5. The number of ketones is 1. The van der Waals surface area contributed by atoms with E-state index in [-0.39, 0.29) is 11.6 Å². The third-order valence-corrected chi connectivity index (χ3v) is 4.40. The zero-order valence-electron chi connectivity index (χ0n) is 14.8. The molecule has 0 bridgehead atoms. The van der Waals surface area contributed by atoms with Crippen LogP contribution in [0.2, 0.25) is 0 Å². The third-order valence-electron chi connectivity index (χ3n) is 4.13. The van der Waals surface area contributed by atoms with Crippen molar-refractivity contribution in [2.24, 2.45) is 0 Å². The lowest BCUT2D eigenvalue weighted by Crippen LogP contribution is -2.32. The molecular weight excluding hydrogens is 369 g/mol. The summed E-state index contributed by atoms with van der Waals surface area (Å²) < 4.78 is 20.1. The highest BCUT2D eigenvalue weighted by molar-refractivity contribution is 6.17. The SMILES string of the molecule is O=C(CCC[n+]1ccc(-c2noc(CCCCl)n2)cc1)c1ccc(F)cc1. The summed E-state index contributed by atoms with van der Waals surface area (Å²) in [6.45, 7) is 0.709. The van der Waals surface area contributed by atoms with Gasteiger partial charge in [0.2, 0.25) is 11.7 Å². The molecule has 1 aromatic carbocycles. The molecule has 5 nitrogen and oxygen atoms in total. The van der Waals surface area contributed by atoms with Gasteiger partial charge in [0.05, 0.1) is 0 Å². The molecule has 0 saturated carbocycles. The maximum Gasteiger partial charge on any atom is 0.227 e. The monoisotopic (exact) mass is 388 g/mol. The standard InChI is InChI=1S/C20H20ClFN3O2/c21-11-1-4-19-23-20(24-27-19)16-9-13-25(14-10-16)12-2-3-18(26)15-5-7-17(22)8-6-15/h5-10,13-14H,1-4,11-12H2/q+1. The first-order chi connectivity index (χ1) is 13.2. The number of halogens is 2. The lowest BCUT2D eigenvalue weighted by atomic mass is 10.1. The number of benzene rings is 1. The van der Waals surface area contributed by atoms with Crippen LogP contribution in [-0.4, -0.2) is 21.8 Å². The minimum Gasteiger partial charge on any atom is -0.339 e. The topological polar surface area (TPSA) is 59.9 Å². The molecule has 0 atom stereocenters. The fourth-order valence-electron chi connectivity index (χ4n) is 2.65. The number of pyridine rings is 1. The predicted molar refractivity (Wildman–Crippen MR) is 98.9 cm³/mol. The van der Waals surface area contributed by atoms with Crippen LogP contribution in [0.1, 0.15) is 35.5 Å². The van der Waals surface area contributed by atoms with Crippen molar-refractivity contribution >= 4 is 17.4 Å². The lowest BCUT2D eigenvalue weighted by molar-refractivity contribution is -0.697. The molecule has 140 valence electrons. The van der Waals surface area contributed by atoms with Crippen LogP contribution >= 0.6 is 11.6 Å². The fraction of sp³-hybridized carbons (Fsp3) is 0.300. The van der Waals surface area contributed by atoms with Crippen LogP contribution in [0.25, 0.3) is 11.4 Å². The number of rotatable bonds is 9. The van der Waals surface area contributed by atoms with Crippen LogP contribution in [0.15, 0.2) is 53.3 Å². The van der Waals surface area contributed by atoms with Gasteiger partial charge in [-0.25, -0.2) is 8.96 Å². The zero-order valence-corrected chi connectivity index (χ0v) is 15.5. The van der Waals surface area contributed by atoms with E-state index in [0.29, 0.717) is 49.0 Å². The minimum atomic E-state index is -0.338. The van der Waals surface area contributed by atoms with Crippen LogP contribution in [0.5, 0.6) is 0 Å². The Kier molecular flexibility index (Phi) is 6.65. The van der Waals surface area contributed by atoms with Gasteiger partial charge < -0.3 is 4.52 Å². The van der Waals surface area contributed by atoms with Crippen molar-refractivity contribution < 1.29 is 18.3 Å². The van der Waals surface area contributed by atoms with Gasteiger partial charge in [0, 0.05) is 48.4 Å². The molecule has 0 radical (unpaired) electrons. The molecule has 0 aliphatic heterocycles. The van der Waals surface area contributed by atoms with E-state index in [9.17, 15) is 9.18 Å². The van der Waals surface area contributed by atoms with E-state index in [2.05, 4.69) is 10.1 Å². The molecular formula is C20H20ClFN3O2+. The molecule has 0 aliphatic rings. The van der Waals surface area contributed by atoms with E-state index in [4.69, 9.17) is 16.1 Å². The number of aryl methyl sites for hydroxylation is 2. The van der Waals surface area contributed by atoms with Crippen molar-refractivity contribution in [2.45, 2.75) is 32.2 Å². The van der Waals surface area contributed by atoms with E-state index < -0.39 is 0 Å². The molecule has 7 heteroatoms. The van der Waals surface area contributed by atoms with E-state index >= 15 is 0 Å². The molecule has 0 fully saturated rings. The normalized spacial score (nSPS) is 10.9. The number of hydrogen-bond acceptors (Lipinski definition) is 4. The maximum absolute atomic E-state index is 12.9. The van der Waals surface area contributed by atoms with Gasteiger partial charge in [-0.2, -0.15) is 4.98 Å². The zero-order chi connectivity index (χ0) is 19.1. The molecule has 0 unspecified atom stereocenters. The summed E-state index contributed by atoms with van der Waals surface area (Å²) in [6, 6.07) is 9.48. The Labute approximate surface area is 161 Å². The van der Waals surface area contributed by atoms with E-state index in [1.807, 2.05) is 29.1 Å². The third kappa shape index (κ3) is 5.44. The number of carbonyl (C=O) groups is 1. The summed E-state index contributed by atoms with van der Waals surface area (Å²) in [7, 11) is 0. The first-order valence-electron chi connectivity index (χ1n) is 8.82. The Bertz CT molecular complexity index is 879.